The predicted octanol–water partition coefficient (Wildman–Crippen LogP) is 6.70. The van der Waals surface area contributed by atoms with Gasteiger partial charge in [0.15, 0.2) is 0 Å². The fourth-order valence-corrected chi connectivity index (χ4v) is 8.96. The number of carbonyl (C=O) groups is 1. The summed E-state index contributed by atoms with van der Waals surface area (Å²) in [5.41, 5.74) is 5.10. The smallest absolute Gasteiger partial charge is 0.231 e. The third-order valence-electron chi connectivity index (χ3n) is 12.1. The molecule has 1 N–H and O–H groups in total. The Morgan fingerprint density at radius 1 is 1.02 bits per heavy atom. The number of aryl methyl sites for hydroxylation is 1. The standard InChI is InChI=1S/C38H51N5O3/c1-26(2)43-22-30(21-40-43)29-11-18-39-35(20-29)42(36(45)28-5-8-32(9-6-28)41-23-33(44)24-41)25-37-12-15-38(16-13-37,17-14-37)31-7-10-34(46-4)27(3)19-31/h7,10-11,18-22,26,28,32-33,44H,5-6,8-9,12-17,23-25H2,1-4H3. The molecule has 4 saturated carbocycles. The molecule has 0 radical (unpaired) electrons. The first kappa shape index (κ1) is 31.4. The number of anilines is 1. The first-order valence-corrected chi connectivity index (χ1v) is 17.6. The SMILES string of the molecule is COc1ccc(C23CCC(CN(C(=O)C4CCC(N5CC(O)C5)CC4)c4cc(-c5cnn(C(C)C)c5)ccn4)(CC2)CC3)cc1C. The van der Waals surface area contributed by atoms with E-state index < -0.39 is 0 Å². The number of carbonyl (C=O) groups excluding carboxylic acids is 1. The summed E-state index contributed by atoms with van der Waals surface area (Å²) in [6.45, 7) is 8.70. The van der Waals surface area contributed by atoms with Crippen molar-refractivity contribution >= 4 is 11.7 Å². The molecular formula is C38H51N5O3. The summed E-state index contributed by atoms with van der Waals surface area (Å²) in [6, 6.07) is 11.7. The fraction of sp³-hybridized carbons (Fsp3) is 0.605. The quantitative estimate of drug-likeness (QED) is 0.285. The van der Waals surface area contributed by atoms with Gasteiger partial charge in [-0.15, -0.1) is 0 Å². The number of aliphatic hydroxyl groups excluding tert-OH is 1. The highest BCUT2D eigenvalue weighted by Gasteiger charge is 2.51. The number of aromatic nitrogens is 3. The van der Waals surface area contributed by atoms with E-state index in [0.29, 0.717) is 6.04 Å². The van der Waals surface area contributed by atoms with Crippen LogP contribution in [0.15, 0.2) is 48.9 Å². The van der Waals surface area contributed by atoms with Crippen molar-refractivity contribution in [3.8, 4) is 16.9 Å². The third-order valence-corrected chi connectivity index (χ3v) is 12.1. The summed E-state index contributed by atoms with van der Waals surface area (Å²) in [5.74, 6) is 1.99. The van der Waals surface area contributed by atoms with Gasteiger partial charge in [-0.1, -0.05) is 12.1 Å². The van der Waals surface area contributed by atoms with Gasteiger partial charge in [-0.05, 0) is 131 Å². The average Bonchev–Trinajstić information content (AvgIpc) is 3.58. The van der Waals surface area contributed by atoms with Crippen LogP contribution in [0, 0.1) is 18.3 Å². The van der Waals surface area contributed by atoms with Gasteiger partial charge in [-0.2, -0.15) is 5.10 Å². The minimum atomic E-state index is -0.182. The summed E-state index contributed by atoms with van der Waals surface area (Å²) in [7, 11) is 1.75. The lowest BCUT2D eigenvalue weighted by Gasteiger charge is -2.55. The Morgan fingerprint density at radius 2 is 1.74 bits per heavy atom. The van der Waals surface area contributed by atoms with Crippen LogP contribution >= 0.6 is 0 Å². The topological polar surface area (TPSA) is 83.7 Å². The number of pyridine rings is 1. The van der Waals surface area contributed by atoms with Crippen LogP contribution in [0.3, 0.4) is 0 Å². The molecule has 0 spiro atoms. The molecule has 8 rings (SSSR count). The molecule has 8 heteroatoms. The first-order valence-electron chi connectivity index (χ1n) is 17.6. The van der Waals surface area contributed by atoms with Crippen molar-refractivity contribution in [2.75, 3.05) is 31.6 Å². The lowest BCUT2D eigenvalue weighted by molar-refractivity contribution is -0.125. The molecule has 5 aliphatic rings. The number of amides is 1. The van der Waals surface area contributed by atoms with E-state index in [1.54, 1.807) is 7.11 Å². The van der Waals surface area contributed by atoms with Gasteiger partial charge in [0.05, 0.1) is 19.4 Å². The van der Waals surface area contributed by atoms with Gasteiger partial charge in [0.1, 0.15) is 11.6 Å². The van der Waals surface area contributed by atoms with E-state index in [1.165, 1.54) is 11.1 Å². The zero-order valence-electron chi connectivity index (χ0n) is 28.1. The number of rotatable bonds is 9. The molecule has 0 unspecified atom stereocenters. The van der Waals surface area contributed by atoms with Crippen molar-refractivity contribution in [3.05, 3.63) is 60.0 Å². The zero-order chi connectivity index (χ0) is 32.1. The molecule has 1 amide bonds. The molecule has 2 aromatic heterocycles. The van der Waals surface area contributed by atoms with Crippen LogP contribution in [-0.4, -0.2) is 69.6 Å². The number of ether oxygens (including phenoxy) is 1. The van der Waals surface area contributed by atoms with Crippen LogP contribution in [0.4, 0.5) is 5.82 Å². The fourth-order valence-electron chi connectivity index (χ4n) is 8.96. The third kappa shape index (κ3) is 5.87. The molecule has 8 nitrogen and oxygen atoms in total. The maximum atomic E-state index is 14.6. The van der Waals surface area contributed by atoms with Crippen LogP contribution < -0.4 is 9.64 Å². The van der Waals surface area contributed by atoms with E-state index in [2.05, 4.69) is 66.1 Å². The van der Waals surface area contributed by atoms with E-state index in [1.807, 2.05) is 23.1 Å². The Bertz CT molecular complexity index is 1530. The number of hydrogen-bond acceptors (Lipinski definition) is 6. The van der Waals surface area contributed by atoms with Crippen LogP contribution in [0.2, 0.25) is 0 Å². The zero-order valence-corrected chi connectivity index (χ0v) is 28.1. The molecule has 3 aromatic rings. The molecule has 1 saturated heterocycles. The highest BCUT2D eigenvalue weighted by Crippen LogP contribution is 2.58. The van der Waals surface area contributed by atoms with Gasteiger partial charge in [0.2, 0.25) is 5.91 Å². The Hall–Kier alpha value is -3.23. The lowest BCUT2D eigenvalue weighted by Crippen LogP contribution is -2.56. The van der Waals surface area contributed by atoms with Crippen LogP contribution in [0.5, 0.6) is 5.75 Å². The minimum Gasteiger partial charge on any atom is -0.496 e. The maximum Gasteiger partial charge on any atom is 0.231 e. The number of aliphatic hydroxyl groups is 1. The van der Waals surface area contributed by atoms with E-state index in [9.17, 15) is 9.90 Å². The number of likely N-dealkylation sites (tertiary alicyclic amines) is 1. The summed E-state index contributed by atoms with van der Waals surface area (Å²) in [4.78, 5) is 23.9. The van der Waals surface area contributed by atoms with Crippen molar-refractivity contribution in [1.29, 1.82) is 0 Å². The van der Waals surface area contributed by atoms with Crippen molar-refractivity contribution in [2.24, 2.45) is 11.3 Å². The predicted molar refractivity (Wildman–Crippen MR) is 181 cm³/mol. The number of β-amino-alcohol motifs (C(OH)–C–C–N with tert-alkyl or cyclic N) is 1. The van der Waals surface area contributed by atoms with Crippen molar-refractivity contribution < 1.29 is 14.6 Å². The van der Waals surface area contributed by atoms with Gasteiger partial charge in [0.25, 0.3) is 0 Å². The van der Waals surface area contributed by atoms with E-state index in [4.69, 9.17) is 9.72 Å². The Balaban J connectivity index is 1.13. The number of fused-ring (bicyclic) bond motifs is 3. The average molecular weight is 626 g/mol. The largest absolute Gasteiger partial charge is 0.496 e. The number of nitrogens with zero attached hydrogens (tertiary/aromatic N) is 5. The minimum absolute atomic E-state index is 0.0153. The summed E-state index contributed by atoms with van der Waals surface area (Å²) in [5, 5.41) is 14.4. The van der Waals surface area contributed by atoms with Crippen molar-refractivity contribution in [1.82, 2.24) is 19.7 Å². The molecule has 46 heavy (non-hydrogen) atoms. The molecule has 2 bridgehead atoms. The molecule has 246 valence electrons. The molecule has 3 heterocycles. The maximum absolute atomic E-state index is 14.6. The number of methoxy groups -OCH3 is 1. The van der Waals surface area contributed by atoms with Crippen LogP contribution in [0.25, 0.3) is 11.1 Å². The monoisotopic (exact) mass is 625 g/mol. The molecule has 5 fully saturated rings. The summed E-state index contributed by atoms with van der Waals surface area (Å²) in [6.07, 6.45) is 16.4. The number of hydrogen-bond donors (Lipinski definition) is 1. The van der Waals surface area contributed by atoms with Gasteiger partial charge >= 0.3 is 0 Å². The summed E-state index contributed by atoms with van der Waals surface area (Å²) < 4.78 is 7.54. The normalized spacial score (nSPS) is 28.3. The summed E-state index contributed by atoms with van der Waals surface area (Å²) >= 11 is 0. The number of benzene rings is 1. The molecule has 0 atom stereocenters. The highest BCUT2D eigenvalue weighted by atomic mass is 16.5. The molecule has 4 aliphatic carbocycles. The van der Waals surface area contributed by atoms with E-state index in [-0.39, 0.29) is 34.8 Å². The second kappa shape index (κ2) is 12.4. The van der Waals surface area contributed by atoms with Crippen molar-refractivity contribution in [2.45, 2.75) is 109 Å². The first-order chi connectivity index (χ1) is 22.2. The van der Waals surface area contributed by atoms with Crippen LogP contribution in [-0.2, 0) is 10.2 Å². The van der Waals surface area contributed by atoms with Crippen molar-refractivity contribution in [3.63, 3.8) is 0 Å². The molecule has 1 aliphatic heterocycles. The highest BCUT2D eigenvalue weighted by molar-refractivity contribution is 5.95. The van der Waals surface area contributed by atoms with Gasteiger partial charge < -0.3 is 9.84 Å². The van der Waals surface area contributed by atoms with Gasteiger partial charge in [0, 0.05) is 55.6 Å². The lowest BCUT2D eigenvalue weighted by atomic mass is 9.51. The van der Waals surface area contributed by atoms with E-state index >= 15 is 0 Å². The second-order valence-corrected chi connectivity index (χ2v) is 15.2. The molecule has 1 aromatic carbocycles. The van der Waals surface area contributed by atoms with Gasteiger partial charge in [-0.3, -0.25) is 19.3 Å². The Morgan fingerprint density at radius 3 is 2.35 bits per heavy atom. The Kier molecular flexibility index (Phi) is 8.47. The second-order valence-electron chi connectivity index (χ2n) is 15.2. The van der Waals surface area contributed by atoms with E-state index in [0.717, 1.165) is 107 Å². The van der Waals surface area contributed by atoms with Gasteiger partial charge in [-0.25, -0.2) is 4.98 Å². The van der Waals surface area contributed by atoms with Crippen LogP contribution in [0.1, 0.15) is 95.2 Å². The molecular weight excluding hydrogens is 574 g/mol. The Labute approximate surface area is 274 Å².